The van der Waals surface area contributed by atoms with E-state index in [2.05, 4.69) is 28.4 Å². The second-order valence-electron chi connectivity index (χ2n) is 8.30. The molecule has 3 aliphatic heterocycles. The summed E-state index contributed by atoms with van der Waals surface area (Å²) < 4.78 is 0. The first-order valence-corrected chi connectivity index (χ1v) is 8.95. The van der Waals surface area contributed by atoms with Crippen LogP contribution in [0.1, 0.15) is 25.3 Å². The highest BCUT2D eigenvalue weighted by Gasteiger charge is 2.85. The molecule has 4 heteroatoms. The molecule has 122 valence electrons. The highest BCUT2D eigenvalue weighted by atomic mass is 16.2. The van der Waals surface area contributed by atoms with Crippen LogP contribution in [-0.2, 0) is 15.0 Å². The van der Waals surface area contributed by atoms with Crippen LogP contribution in [0.5, 0.6) is 0 Å². The second kappa shape index (κ2) is 3.67. The number of nitrogens with one attached hydrogen (secondary N) is 1. The zero-order valence-corrected chi connectivity index (χ0v) is 13.7. The molecule has 1 aromatic carbocycles. The lowest BCUT2D eigenvalue weighted by Crippen LogP contribution is -2.65. The molecule has 6 rings (SSSR count). The summed E-state index contributed by atoms with van der Waals surface area (Å²) in [5.74, 6) is 0.0301. The van der Waals surface area contributed by atoms with Gasteiger partial charge in [0.15, 0.2) is 5.78 Å². The molecule has 2 saturated carbocycles. The van der Waals surface area contributed by atoms with Crippen molar-refractivity contribution in [2.24, 2.45) is 16.7 Å². The molecule has 2 aliphatic carbocycles. The molecule has 5 aliphatic rings. The highest BCUT2D eigenvalue weighted by Crippen LogP contribution is 2.77. The fraction of sp³-hybridized carbons (Fsp3) is 0.500. The first-order chi connectivity index (χ1) is 11.6. The summed E-state index contributed by atoms with van der Waals surface area (Å²) in [6, 6.07) is 8.42. The number of anilines is 1. The lowest BCUT2D eigenvalue weighted by molar-refractivity contribution is -0.146. The van der Waals surface area contributed by atoms with Crippen LogP contribution >= 0.6 is 0 Å². The lowest BCUT2D eigenvalue weighted by Gasteiger charge is -2.54. The van der Waals surface area contributed by atoms with Gasteiger partial charge in [-0.3, -0.25) is 14.5 Å². The van der Waals surface area contributed by atoms with Crippen LogP contribution in [-0.4, -0.2) is 35.7 Å². The van der Waals surface area contributed by atoms with E-state index in [1.54, 1.807) is 0 Å². The summed E-state index contributed by atoms with van der Waals surface area (Å²) in [6.07, 6.45) is 6.09. The molecule has 1 saturated heterocycles. The van der Waals surface area contributed by atoms with Crippen LogP contribution in [0, 0.1) is 16.7 Å². The molecule has 1 aromatic rings. The number of ketones is 1. The maximum Gasteiger partial charge on any atom is 0.239 e. The largest absolute Gasteiger partial charge is 0.325 e. The third-order valence-corrected chi connectivity index (χ3v) is 7.90. The quantitative estimate of drug-likeness (QED) is 0.588. The van der Waals surface area contributed by atoms with Gasteiger partial charge in [-0.2, -0.15) is 0 Å². The lowest BCUT2D eigenvalue weighted by atomic mass is 9.51. The van der Waals surface area contributed by atoms with Gasteiger partial charge in [0.2, 0.25) is 5.91 Å². The topological polar surface area (TPSA) is 49.4 Å². The molecule has 4 nitrogen and oxygen atoms in total. The van der Waals surface area contributed by atoms with Gasteiger partial charge in [-0.1, -0.05) is 37.3 Å². The van der Waals surface area contributed by atoms with Crippen molar-refractivity contribution in [1.82, 2.24) is 4.90 Å². The number of hydrogen-bond donors (Lipinski definition) is 1. The molecule has 0 radical (unpaired) electrons. The molecule has 5 atom stereocenters. The van der Waals surface area contributed by atoms with Gasteiger partial charge in [-0.05, 0) is 31.0 Å². The maximum absolute atomic E-state index is 13.5. The van der Waals surface area contributed by atoms with E-state index in [1.165, 1.54) is 5.56 Å². The van der Waals surface area contributed by atoms with Gasteiger partial charge in [0.1, 0.15) is 5.41 Å². The number of carbonyl (C=O) groups excluding carboxylic acids is 2. The van der Waals surface area contributed by atoms with E-state index >= 15 is 0 Å². The van der Waals surface area contributed by atoms with E-state index in [4.69, 9.17) is 0 Å². The van der Waals surface area contributed by atoms with Gasteiger partial charge in [0.25, 0.3) is 0 Å². The summed E-state index contributed by atoms with van der Waals surface area (Å²) in [5, 5.41) is 3.08. The van der Waals surface area contributed by atoms with Gasteiger partial charge in [0.05, 0.1) is 0 Å². The Labute approximate surface area is 140 Å². The van der Waals surface area contributed by atoms with Gasteiger partial charge < -0.3 is 5.32 Å². The number of fused-ring (bicyclic) bond motifs is 1. The standard InChI is InChI=1S/C20H20N2O2/c1-12-15(23)20-11-18(12)7-4-9-22-10-8-19(20,16(18)22)13-5-2-3-6-14(13)21-17(20)24/h2-7,12,16H,8-11H2,1H3,(H,21,24)/t12-,16+,18+,19-,20-/m1/s1. The zero-order valence-electron chi connectivity index (χ0n) is 13.7. The molecule has 3 spiro atoms. The SMILES string of the molecule is C[C@@H]1C(=O)[C@@]23C[C@@]14C=CCN1CC[C@@]2(c2ccccc2NC3=O)[C@@H]14. The smallest absolute Gasteiger partial charge is 0.239 e. The normalized spacial score (nSPS) is 47.4. The molecule has 0 unspecified atom stereocenters. The monoisotopic (exact) mass is 320 g/mol. The van der Waals surface area contributed by atoms with Crippen LogP contribution in [0.3, 0.4) is 0 Å². The molecule has 3 heterocycles. The number of rotatable bonds is 0. The minimum atomic E-state index is -0.880. The molecule has 0 aromatic heterocycles. The predicted octanol–water partition coefficient (Wildman–Crippen LogP) is 2.12. The van der Waals surface area contributed by atoms with Crippen LogP contribution in [0.15, 0.2) is 36.4 Å². The average molecular weight is 320 g/mol. The van der Waals surface area contributed by atoms with Crippen LogP contribution in [0.4, 0.5) is 5.69 Å². The van der Waals surface area contributed by atoms with Gasteiger partial charge in [-0.15, -0.1) is 0 Å². The van der Waals surface area contributed by atoms with E-state index in [0.29, 0.717) is 6.42 Å². The second-order valence-corrected chi connectivity index (χ2v) is 8.30. The van der Waals surface area contributed by atoms with E-state index in [9.17, 15) is 9.59 Å². The van der Waals surface area contributed by atoms with Gasteiger partial charge >= 0.3 is 0 Å². The highest BCUT2D eigenvalue weighted by molar-refractivity contribution is 6.18. The molecule has 1 amide bonds. The van der Waals surface area contributed by atoms with Crippen molar-refractivity contribution < 1.29 is 9.59 Å². The summed E-state index contributed by atoms with van der Waals surface area (Å²) in [7, 11) is 0. The minimum absolute atomic E-state index is 0.0559. The van der Waals surface area contributed by atoms with Crippen molar-refractivity contribution in [3.8, 4) is 0 Å². The Hall–Kier alpha value is -1.94. The zero-order chi connectivity index (χ0) is 16.3. The Morgan fingerprint density at radius 2 is 2.08 bits per heavy atom. The van der Waals surface area contributed by atoms with Crippen molar-refractivity contribution in [1.29, 1.82) is 0 Å². The van der Waals surface area contributed by atoms with E-state index < -0.39 is 5.41 Å². The number of hydrogen-bond acceptors (Lipinski definition) is 3. The summed E-state index contributed by atoms with van der Waals surface area (Å²) >= 11 is 0. The van der Waals surface area contributed by atoms with Crippen molar-refractivity contribution in [2.45, 2.75) is 31.2 Å². The Balaban J connectivity index is 1.76. The number of amides is 1. The summed E-state index contributed by atoms with van der Waals surface area (Å²) in [6.45, 7) is 3.95. The summed E-state index contributed by atoms with van der Waals surface area (Å²) in [4.78, 5) is 29.3. The number of benzene rings is 1. The minimum Gasteiger partial charge on any atom is -0.325 e. The fourth-order valence-electron chi connectivity index (χ4n) is 7.18. The predicted molar refractivity (Wildman–Crippen MR) is 89.5 cm³/mol. The first-order valence-electron chi connectivity index (χ1n) is 8.95. The molecule has 3 fully saturated rings. The van der Waals surface area contributed by atoms with Crippen molar-refractivity contribution in [2.75, 3.05) is 18.4 Å². The number of para-hydroxylation sites is 1. The fourth-order valence-corrected chi connectivity index (χ4v) is 7.18. The Bertz CT molecular complexity index is 861. The van der Waals surface area contributed by atoms with Crippen molar-refractivity contribution in [3.63, 3.8) is 0 Å². The Morgan fingerprint density at radius 1 is 1.25 bits per heavy atom. The maximum atomic E-state index is 13.5. The molecular weight excluding hydrogens is 300 g/mol. The van der Waals surface area contributed by atoms with Crippen LogP contribution in [0.2, 0.25) is 0 Å². The number of Topliss-reactive ketones (excluding diaryl/α,β-unsaturated/α-hetero) is 1. The van der Waals surface area contributed by atoms with Crippen molar-refractivity contribution >= 4 is 17.4 Å². The van der Waals surface area contributed by atoms with E-state index in [0.717, 1.165) is 25.2 Å². The third kappa shape index (κ3) is 1.01. The molecular formula is C20H20N2O2. The van der Waals surface area contributed by atoms with Crippen molar-refractivity contribution in [3.05, 3.63) is 42.0 Å². The number of carbonyl (C=O) groups is 2. The third-order valence-electron chi connectivity index (χ3n) is 7.90. The van der Waals surface area contributed by atoms with Crippen LogP contribution < -0.4 is 5.32 Å². The Morgan fingerprint density at radius 3 is 2.96 bits per heavy atom. The van der Waals surface area contributed by atoms with Gasteiger partial charge in [-0.25, -0.2) is 0 Å². The van der Waals surface area contributed by atoms with Gasteiger partial charge in [0, 0.05) is 35.0 Å². The van der Waals surface area contributed by atoms with E-state index in [1.807, 2.05) is 25.1 Å². The van der Waals surface area contributed by atoms with E-state index in [-0.39, 0.29) is 34.5 Å². The first kappa shape index (κ1) is 13.4. The summed E-state index contributed by atoms with van der Waals surface area (Å²) in [5.41, 5.74) is 0.692. The molecule has 24 heavy (non-hydrogen) atoms. The molecule has 2 bridgehead atoms. The number of nitrogens with zero attached hydrogens (tertiary/aromatic N) is 1. The Kier molecular flexibility index (Phi) is 2.04. The molecule has 1 N–H and O–H groups in total. The van der Waals surface area contributed by atoms with Crippen LogP contribution in [0.25, 0.3) is 0 Å². The average Bonchev–Trinajstić information content (AvgIpc) is 3.18.